The molecule has 2 rings (SSSR count). The lowest BCUT2D eigenvalue weighted by molar-refractivity contribution is 0.00445. The molecule has 1 heterocycles. The van der Waals surface area contributed by atoms with Crippen molar-refractivity contribution in [1.29, 1.82) is 0 Å². The Kier molecular flexibility index (Phi) is 3.33. The summed E-state index contributed by atoms with van der Waals surface area (Å²) in [5.41, 5.74) is 0. The number of hydrogen-bond acceptors (Lipinski definition) is 6. The van der Waals surface area contributed by atoms with Crippen molar-refractivity contribution in [3.8, 4) is 0 Å². The second-order valence-electron chi connectivity index (χ2n) is 4.00. The molecule has 88 valence electrons. The van der Waals surface area contributed by atoms with Gasteiger partial charge in [0.05, 0.1) is 12.1 Å². The molecule has 0 amide bonds. The Balaban J connectivity index is 2.01. The maximum Gasteiger partial charge on any atom is 0.129 e. The molecule has 6 nitrogen and oxygen atoms in total. The second kappa shape index (κ2) is 4.73. The van der Waals surface area contributed by atoms with Crippen LogP contribution in [0, 0.1) is 5.92 Å². The second-order valence-corrected chi connectivity index (χ2v) is 4.00. The van der Waals surface area contributed by atoms with E-state index in [1.807, 2.05) is 0 Å². The quantitative estimate of drug-likeness (QED) is 0.526. The molecule has 1 aliphatic carbocycles. The number of nitrogens with one attached hydrogen (secondary N) is 1. The lowest BCUT2D eigenvalue weighted by Gasteiger charge is -2.18. The van der Waals surface area contributed by atoms with Crippen LogP contribution in [0.4, 0.5) is 5.82 Å². The van der Waals surface area contributed by atoms with Crippen LogP contribution in [0.2, 0.25) is 0 Å². The lowest BCUT2D eigenvalue weighted by atomic mass is 10.1. The van der Waals surface area contributed by atoms with Crippen molar-refractivity contribution < 1.29 is 15.3 Å². The van der Waals surface area contributed by atoms with Crippen molar-refractivity contribution in [3.63, 3.8) is 0 Å². The van der Waals surface area contributed by atoms with E-state index < -0.39 is 12.2 Å². The van der Waals surface area contributed by atoms with Gasteiger partial charge in [-0.1, -0.05) is 0 Å². The molecule has 0 saturated heterocycles. The Bertz CT molecular complexity index is 335. The molecule has 1 aliphatic rings. The van der Waals surface area contributed by atoms with Gasteiger partial charge in [0.15, 0.2) is 0 Å². The maximum atomic E-state index is 9.75. The standard InChI is InChI=1S/C10H15N3O3/c14-4-6-3-7(10(16)9(6)15)13-8-1-2-11-5-12-8/h1-2,5-7,9-10,14-16H,3-4H2,(H,11,12,13)/t6-,7-,9-,10+/m1/s1. The summed E-state index contributed by atoms with van der Waals surface area (Å²) in [7, 11) is 0. The third-order valence-electron chi connectivity index (χ3n) is 2.95. The van der Waals surface area contributed by atoms with Gasteiger partial charge in [0, 0.05) is 18.7 Å². The van der Waals surface area contributed by atoms with Gasteiger partial charge in [-0.2, -0.15) is 0 Å². The summed E-state index contributed by atoms with van der Waals surface area (Å²) in [6.07, 6.45) is 1.75. The zero-order valence-corrected chi connectivity index (χ0v) is 8.69. The lowest BCUT2D eigenvalue weighted by Crippen LogP contribution is -2.35. The normalized spacial score (nSPS) is 33.9. The Morgan fingerprint density at radius 1 is 1.38 bits per heavy atom. The third-order valence-corrected chi connectivity index (χ3v) is 2.95. The number of rotatable bonds is 3. The van der Waals surface area contributed by atoms with Gasteiger partial charge < -0.3 is 20.6 Å². The number of anilines is 1. The average Bonchev–Trinajstić information content (AvgIpc) is 2.58. The largest absolute Gasteiger partial charge is 0.396 e. The summed E-state index contributed by atoms with van der Waals surface area (Å²) in [5, 5.41) is 31.4. The zero-order chi connectivity index (χ0) is 11.5. The Morgan fingerprint density at radius 3 is 2.75 bits per heavy atom. The predicted octanol–water partition coefficient (Wildman–Crippen LogP) is -1.01. The van der Waals surface area contributed by atoms with Crippen LogP contribution < -0.4 is 5.32 Å². The van der Waals surface area contributed by atoms with E-state index in [9.17, 15) is 10.2 Å². The summed E-state index contributed by atoms with van der Waals surface area (Å²) in [5.74, 6) is 0.319. The molecular formula is C10H15N3O3. The van der Waals surface area contributed by atoms with E-state index in [0.717, 1.165) is 0 Å². The Hall–Kier alpha value is -1.24. The van der Waals surface area contributed by atoms with Crippen molar-refractivity contribution in [1.82, 2.24) is 9.97 Å². The summed E-state index contributed by atoms with van der Waals surface area (Å²) in [6, 6.07) is 1.40. The predicted molar refractivity (Wildman–Crippen MR) is 56.6 cm³/mol. The van der Waals surface area contributed by atoms with Crippen molar-refractivity contribution >= 4 is 5.82 Å². The van der Waals surface area contributed by atoms with Crippen LogP contribution in [0.25, 0.3) is 0 Å². The van der Waals surface area contributed by atoms with Gasteiger partial charge in [0.25, 0.3) is 0 Å². The maximum absolute atomic E-state index is 9.75. The van der Waals surface area contributed by atoms with E-state index in [2.05, 4.69) is 15.3 Å². The first-order valence-electron chi connectivity index (χ1n) is 5.22. The smallest absolute Gasteiger partial charge is 0.129 e. The molecule has 1 saturated carbocycles. The molecule has 0 bridgehead atoms. The topological polar surface area (TPSA) is 98.5 Å². The van der Waals surface area contributed by atoms with Crippen LogP contribution in [0.5, 0.6) is 0 Å². The van der Waals surface area contributed by atoms with Crippen molar-refractivity contribution in [2.45, 2.75) is 24.7 Å². The summed E-state index contributed by atoms with van der Waals surface area (Å²) in [4.78, 5) is 7.76. The first-order valence-corrected chi connectivity index (χ1v) is 5.22. The zero-order valence-electron chi connectivity index (χ0n) is 8.69. The summed E-state index contributed by atoms with van der Waals surface area (Å²) < 4.78 is 0. The molecule has 0 aromatic carbocycles. The molecule has 4 atom stereocenters. The van der Waals surface area contributed by atoms with E-state index in [0.29, 0.717) is 12.2 Å². The van der Waals surface area contributed by atoms with Crippen molar-refractivity contribution in [3.05, 3.63) is 18.6 Å². The first-order chi connectivity index (χ1) is 7.72. The van der Waals surface area contributed by atoms with Crippen LogP contribution in [-0.4, -0.2) is 50.1 Å². The van der Waals surface area contributed by atoms with Crippen molar-refractivity contribution in [2.75, 3.05) is 11.9 Å². The highest BCUT2D eigenvalue weighted by atomic mass is 16.3. The van der Waals surface area contributed by atoms with Crippen LogP contribution in [0.15, 0.2) is 18.6 Å². The van der Waals surface area contributed by atoms with Crippen LogP contribution in [-0.2, 0) is 0 Å². The van der Waals surface area contributed by atoms with Gasteiger partial charge in [0.1, 0.15) is 18.2 Å². The molecular weight excluding hydrogens is 210 g/mol. The van der Waals surface area contributed by atoms with Gasteiger partial charge >= 0.3 is 0 Å². The fourth-order valence-electron chi connectivity index (χ4n) is 2.01. The minimum Gasteiger partial charge on any atom is -0.396 e. The minimum absolute atomic E-state index is 0.125. The molecule has 0 aliphatic heterocycles. The highest BCUT2D eigenvalue weighted by molar-refractivity contribution is 5.34. The molecule has 0 spiro atoms. The van der Waals surface area contributed by atoms with Gasteiger partial charge in [-0.05, 0) is 12.5 Å². The van der Waals surface area contributed by atoms with Gasteiger partial charge in [0.2, 0.25) is 0 Å². The number of aromatic nitrogens is 2. The average molecular weight is 225 g/mol. The van der Waals surface area contributed by atoms with Gasteiger partial charge in [-0.25, -0.2) is 9.97 Å². The highest BCUT2D eigenvalue weighted by Gasteiger charge is 2.41. The van der Waals surface area contributed by atoms with Gasteiger partial charge in [-0.15, -0.1) is 0 Å². The van der Waals surface area contributed by atoms with E-state index in [4.69, 9.17) is 5.11 Å². The molecule has 6 heteroatoms. The molecule has 1 aromatic heterocycles. The molecule has 4 N–H and O–H groups in total. The van der Waals surface area contributed by atoms with E-state index in [1.54, 1.807) is 12.3 Å². The van der Waals surface area contributed by atoms with Crippen LogP contribution in [0.3, 0.4) is 0 Å². The monoisotopic (exact) mass is 225 g/mol. The fraction of sp³-hybridized carbons (Fsp3) is 0.600. The summed E-state index contributed by atoms with van der Waals surface area (Å²) >= 11 is 0. The molecule has 1 aromatic rings. The number of hydrogen-bond donors (Lipinski definition) is 4. The van der Waals surface area contributed by atoms with Crippen LogP contribution in [0.1, 0.15) is 6.42 Å². The van der Waals surface area contributed by atoms with E-state index in [-0.39, 0.29) is 18.6 Å². The molecule has 16 heavy (non-hydrogen) atoms. The minimum atomic E-state index is -0.885. The fourth-order valence-corrected chi connectivity index (χ4v) is 2.01. The molecule has 0 radical (unpaired) electrons. The molecule has 1 fully saturated rings. The highest BCUT2D eigenvalue weighted by Crippen LogP contribution is 2.28. The number of nitrogens with zero attached hydrogens (tertiary/aromatic N) is 2. The number of aliphatic hydroxyl groups is 3. The number of aliphatic hydroxyl groups excluding tert-OH is 3. The van der Waals surface area contributed by atoms with Gasteiger partial charge in [-0.3, -0.25) is 0 Å². The van der Waals surface area contributed by atoms with E-state index in [1.165, 1.54) is 6.33 Å². The van der Waals surface area contributed by atoms with E-state index >= 15 is 0 Å². The SMILES string of the molecule is OC[C@H]1C[C@@H](Nc2ccncn2)[C@H](O)[C@@H]1O. The Morgan fingerprint density at radius 2 is 2.19 bits per heavy atom. The van der Waals surface area contributed by atoms with Crippen LogP contribution >= 0.6 is 0 Å². The van der Waals surface area contributed by atoms with Crippen molar-refractivity contribution in [2.24, 2.45) is 5.92 Å². The Labute approximate surface area is 93.0 Å². The summed E-state index contributed by atoms with van der Waals surface area (Å²) in [6.45, 7) is -0.125. The third kappa shape index (κ3) is 2.13. The molecule has 0 unspecified atom stereocenters. The first kappa shape index (κ1) is 11.3.